The van der Waals surface area contributed by atoms with Crippen molar-refractivity contribution >= 4 is 17.5 Å². The van der Waals surface area contributed by atoms with Crippen molar-refractivity contribution in [2.45, 2.75) is 25.9 Å². The van der Waals surface area contributed by atoms with E-state index >= 15 is 0 Å². The Morgan fingerprint density at radius 2 is 2.03 bits per heavy atom. The number of ether oxygens (including phenoxy) is 2. The van der Waals surface area contributed by atoms with Crippen molar-refractivity contribution in [1.29, 1.82) is 0 Å². The summed E-state index contributed by atoms with van der Waals surface area (Å²) in [6.45, 7) is -2.92. The van der Waals surface area contributed by atoms with Gasteiger partial charge in [0, 0.05) is 30.6 Å². The molecule has 0 radical (unpaired) electrons. The fraction of sp³-hybridized carbons (Fsp3) is 0.318. The highest BCUT2D eigenvalue weighted by molar-refractivity contribution is 5.93. The Morgan fingerprint density at radius 3 is 2.76 bits per heavy atom. The molecule has 1 amide bonds. The van der Waals surface area contributed by atoms with Crippen LogP contribution in [0.15, 0.2) is 36.7 Å². The number of halogens is 2. The van der Waals surface area contributed by atoms with E-state index in [1.54, 1.807) is 24.1 Å². The average Bonchev–Trinajstić information content (AvgIpc) is 3.27. The molecule has 33 heavy (non-hydrogen) atoms. The average molecular weight is 456 g/mol. The number of alkyl halides is 2. The maximum absolute atomic E-state index is 12.6. The van der Waals surface area contributed by atoms with Crippen molar-refractivity contribution in [3.05, 3.63) is 47.9 Å². The van der Waals surface area contributed by atoms with Crippen molar-refractivity contribution in [3.8, 4) is 23.0 Å². The Balaban J connectivity index is 1.55. The topological polar surface area (TPSA) is 102 Å². The number of carbonyl (C=O) groups is 1. The predicted octanol–water partition coefficient (Wildman–Crippen LogP) is 3.11. The van der Waals surface area contributed by atoms with Crippen LogP contribution in [0.3, 0.4) is 0 Å². The lowest BCUT2D eigenvalue weighted by molar-refractivity contribution is -0.115. The van der Waals surface area contributed by atoms with E-state index in [1.165, 1.54) is 31.6 Å². The van der Waals surface area contributed by atoms with Gasteiger partial charge in [0.05, 0.1) is 19.9 Å². The van der Waals surface area contributed by atoms with Gasteiger partial charge in [-0.2, -0.15) is 8.78 Å². The molecule has 0 unspecified atom stereocenters. The SMILES string of the molecule is COc1ccc(NC(=O)CN(C)c2nc(-c3cc(OC(F)F)ccn3)nc3c2CCC3)nc1. The molecular weight excluding hydrogens is 434 g/mol. The number of nitrogens with zero attached hydrogens (tertiary/aromatic N) is 5. The number of rotatable bonds is 8. The van der Waals surface area contributed by atoms with E-state index in [9.17, 15) is 13.6 Å². The molecule has 1 aliphatic rings. The highest BCUT2D eigenvalue weighted by Gasteiger charge is 2.24. The third kappa shape index (κ3) is 5.30. The maximum Gasteiger partial charge on any atom is 0.387 e. The normalized spacial score (nSPS) is 12.4. The van der Waals surface area contributed by atoms with Gasteiger partial charge in [-0.15, -0.1) is 0 Å². The molecule has 3 aromatic rings. The van der Waals surface area contributed by atoms with Crippen LogP contribution in [0.4, 0.5) is 20.4 Å². The second kappa shape index (κ2) is 9.72. The van der Waals surface area contributed by atoms with Gasteiger partial charge in [-0.25, -0.2) is 15.0 Å². The van der Waals surface area contributed by atoms with Crippen molar-refractivity contribution in [3.63, 3.8) is 0 Å². The first-order chi connectivity index (χ1) is 15.9. The molecular formula is C22H22F2N6O3. The highest BCUT2D eigenvalue weighted by Crippen LogP contribution is 2.31. The molecule has 11 heteroatoms. The van der Waals surface area contributed by atoms with E-state index < -0.39 is 6.61 Å². The standard InChI is InChI=1S/C22H22F2N6O3/c1-30(12-19(31)28-18-7-6-14(32-2)11-26-18)21-15-4-3-5-16(15)27-20(29-21)17-10-13(8-9-25-17)33-22(23)24/h6-11,22H,3-5,12H2,1-2H3,(H,26,28,31). The number of fused-ring (bicyclic) bond motifs is 1. The molecule has 1 N–H and O–H groups in total. The van der Waals surface area contributed by atoms with E-state index in [4.69, 9.17) is 4.74 Å². The Bertz CT molecular complexity index is 1140. The zero-order valence-electron chi connectivity index (χ0n) is 18.1. The van der Waals surface area contributed by atoms with E-state index in [1.807, 2.05) is 0 Å². The van der Waals surface area contributed by atoms with Crippen LogP contribution < -0.4 is 19.7 Å². The van der Waals surface area contributed by atoms with Gasteiger partial charge in [0.25, 0.3) is 0 Å². The number of carbonyl (C=O) groups excluding carboxylic acids is 1. The van der Waals surface area contributed by atoms with Crippen LogP contribution in [-0.2, 0) is 17.6 Å². The molecule has 172 valence electrons. The number of aromatic nitrogens is 4. The van der Waals surface area contributed by atoms with Crippen LogP contribution in [0.25, 0.3) is 11.5 Å². The Hall–Kier alpha value is -3.89. The lowest BCUT2D eigenvalue weighted by Crippen LogP contribution is -2.31. The van der Waals surface area contributed by atoms with Gasteiger partial charge in [0.1, 0.15) is 28.8 Å². The van der Waals surface area contributed by atoms with Gasteiger partial charge in [0.15, 0.2) is 5.82 Å². The van der Waals surface area contributed by atoms with Gasteiger partial charge in [-0.05, 0) is 37.5 Å². The number of anilines is 2. The van der Waals surface area contributed by atoms with E-state index in [0.717, 1.165) is 30.5 Å². The summed E-state index contributed by atoms with van der Waals surface area (Å²) in [7, 11) is 3.30. The van der Waals surface area contributed by atoms with Gasteiger partial charge in [-0.1, -0.05) is 0 Å². The van der Waals surface area contributed by atoms with Crippen molar-refractivity contribution in [1.82, 2.24) is 19.9 Å². The van der Waals surface area contributed by atoms with Gasteiger partial charge in [0.2, 0.25) is 5.91 Å². The molecule has 0 bridgehead atoms. The molecule has 0 aliphatic heterocycles. The quantitative estimate of drug-likeness (QED) is 0.552. The number of methoxy groups -OCH3 is 1. The molecule has 0 saturated heterocycles. The largest absolute Gasteiger partial charge is 0.495 e. The van der Waals surface area contributed by atoms with Gasteiger partial charge < -0.3 is 19.7 Å². The fourth-order valence-corrected chi connectivity index (χ4v) is 3.60. The smallest absolute Gasteiger partial charge is 0.387 e. The van der Waals surface area contributed by atoms with E-state index in [-0.39, 0.29) is 24.0 Å². The van der Waals surface area contributed by atoms with Crippen molar-refractivity contribution < 1.29 is 23.0 Å². The molecule has 0 atom stereocenters. The molecule has 3 heterocycles. The Labute approximate surface area is 188 Å². The minimum absolute atomic E-state index is 0.0264. The van der Waals surface area contributed by atoms with Gasteiger partial charge in [-0.3, -0.25) is 9.78 Å². The second-order valence-corrected chi connectivity index (χ2v) is 7.39. The van der Waals surface area contributed by atoms with Crippen LogP contribution in [-0.4, -0.2) is 53.2 Å². The molecule has 0 spiro atoms. The number of nitrogens with one attached hydrogen (secondary N) is 1. The van der Waals surface area contributed by atoms with Crippen LogP contribution in [0.1, 0.15) is 17.7 Å². The molecule has 0 aromatic carbocycles. The lowest BCUT2D eigenvalue weighted by Gasteiger charge is -2.21. The zero-order valence-corrected chi connectivity index (χ0v) is 18.1. The predicted molar refractivity (Wildman–Crippen MR) is 117 cm³/mol. The van der Waals surface area contributed by atoms with Crippen LogP contribution >= 0.6 is 0 Å². The first kappa shape index (κ1) is 22.3. The second-order valence-electron chi connectivity index (χ2n) is 7.39. The Morgan fingerprint density at radius 1 is 1.18 bits per heavy atom. The first-order valence-corrected chi connectivity index (χ1v) is 10.2. The summed E-state index contributed by atoms with van der Waals surface area (Å²) in [6.07, 6.45) is 5.35. The number of amides is 1. The minimum atomic E-state index is -2.94. The first-order valence-electron chi connectivity index (χ1n) is 10.2. The van der Waals surface area contributed by atoms with E-state index in [2.05, 4.69) is 30.0 Å². The monoisotopic (exact) mass is 456 g/mol. The highest BCUT2D eigenvalue weighted by atomic mass is 19.3. The third-order valence-corrected chi connectivity index (χ3v) is 5.08. The molecule has 9 nitrogen and oxygen atoms in total. The number of hydrogen-bond donors (Lipinski definition) is 1. The molecule has 1 aliphatic carbocycles. The summed E-state index contributed by atoms with van der Waals surface area (Å²) in [6, 6.07) is 6.06. The van der Waals surface area contributed by atoms with Crippen LogP contribution in [0, 0.1) is 0 Å². The Kier molecular flexibility index (Phi) is 6.57. The number of hydrogen-bond acceptors (Lipinski definition) is 8. The minimum Gasteiger partial charge on any atom is -0.495 e. The van der Waals surface area contributed by atoms with Crippen LogP contribution in [0.2, 0.25) is 0 Å². The molecule has 3 aromatic heterocycles. The molecule has 0 fully saturated rings. The lowest BCUT2D eigenvalue weighted by atomic mass is 10.2. The van der Waals surface area contributed by atoms with Crippen molar-refractivity contribution in [2.24, 2.45) is 0 Å². The van der Waals surface area contributed by atoms with Crippen molar-refractivity contribution in [2.75, 3.05) is 30.9 Å². The summed E-state index contributed by atoms with van der Waals surface area (Å²) in [4.78, 5) is 31.9. The summed E-state index contributed by atoms with van der Waals surface area (Å²) in [5, 5.41) is 2.74. The molecule has 4 rings (SSSR count). The van der Waals surface area contributed by atoms with E-state index in [0.29, 0.717) is 23.1 Å². The maximum atomic E-state index is 12.6. The molecule has 0 saturated carbocycles. The van der Waals surface area contributed by atoms with Gasteiger partial charge >= 0.3 is 6.61 Å². The number of aryl methyl sites for hydroxylation is 1. The summed E-state index contributed by atoms with van der Waals surface area (Å²) < 4.78 is 34.7. The fourth-order valence-electron chi connectivity index (χ4n) is 3.60. The number of pyridine rings is 2. The zero-order chi connectivity index (χ0) is 23.4. The summed E-state index contributed by atoms with van der Waals surface area (Å²) >= 11 is 0. The summed E-state index contributed by atoms with van der Waals surface area (Å²) in [5.74, 6) is 1.59. The third-order valence-electron chi connectivity index (χ3n) is 5.08. The summed E-state index contributed by atoms with van der Waals surface area (Å²) in [5.41, 5.74) is 2.14. The number of likely N-dealkylation sites (N-methyl/N-ethyl adjacent to an activating group) is 1. The van der Waals surface area contributed by atoms with Crippen LogP contribution in [0.5, 0.6) is 11.5 Å².